The first-order valence-corrected chi connectivity index (χ1v) is 5.87. The number of amides is 1. The predicted molar refractivity (Wildman–Crippen MR) is 67.7 cm³/mol. The summed E-state index contributed by atoms with van der Waals surface area (Å²) in [5.74, 6) is -0.319. The SMILES string of the molecule is CNCCC(=O)NCC(OC)c1ccc(F)cc1. The van der Waals surface area contributed by atoms with E-state index in [-0.39, 0.29) is 17.8 Å². The second-order valence-electron chi connectivity index (χ2n) is 3.93. The molecule has 100 valence electrons. The van der Waals surface area contributed by atoms with Crippen LogP contribution in [-0.2, 0) is 9.53 Å². The van der Waals surface area contributed by atoms with Gasteiger partial charge in [0.1, 0.15) is 5.82 Å². The molecule has 0 aliphatic carbocycles. The van der Waals surface area contributed by atoms with Gasteiger partial charge in [0.25, 0.3) is 0 Å². The molecule has 0 heterocycles. The van der Waals surface area contributed by atoms with Crippen LogP contribution in [0.15, 0.2) is 24.3 Å². The summed E-state index contributed by atoms with van der Waals surface area (Å²) in [4.78, 5) is 11.4. The van der Waals surface area contributed by atoms with Gasteiger partial charge in [0.05, 0.1) is 6.10 Å². The van der Waals surface area contributed by atoms with Crippen molar-refractivity contribution < 1.29 is 13.9 Å². The van der Waals surface area contributed by atoms with E-state index >= 15 is 0 Å². The number of ether oxygens (including phenoxy) is 1. The molecular formula is C13H19FN2O2. The smallest absolute Gasteiger partial charge is 0.221 e. The molecule has 4 nitrogen and oxygen atoms in total. The van der Waals surface area contributed by atoms with Crippen molar-refractivity contribution in [3.63, 3.8) is 0 Å². The number of carbonyl (C=O) groups excluding carboxylic acids is 1. The largest absolute Gasteiger partial charge is 0.375 e. The Bertz CT molecular complexity index is 368. The molecule has 0 aromatic heterocycles. The van der Waals surface area contributed by atoms with E-state index in [0.29, 0.717) is 19.5 Å². The van der Waals surface area contributed by atoms with Crippen molar-refractivity contribution >= 4 is 5.91 Å². The molecule has 0 bridgehead atoms. The van der Waals surface area contributed by atoms with Crippen LogP contribution >= 0.6 is 0 Å². The topological polar surface area (TPSA) is 50.4 Å². The van der Waals surface area contributed by atoms with E-state index in [1.807, 2.05) is 0 Å². The average molecular weight is 254 g/mol. The number of hydrogen-bond donors (Lipinski definition) is 2. The van der Waals surface area contributed by atoms with Gasteiger partial charge in [-0.3, -0.25) is 4.79 Å². The standard InChI is InChI=1S/C13H19FN2O2/c1-15-8-7-13(17)16-9-12(18-2)10-3-5-11(14)6-4-10/h3-6,12,15H,7-9H2,1-2H3,(H,16,17). The van der Waals surface area contributed by atoms with Gasteiger partial charge < -0.3 is 15.4 Å². The molecule has 0 aliphatic heterocycles. The molecule has 1 rings (SSSR count). The Balaban J connectivity index is 2.47. The third kappa shape index (κ3) is 4.81. The lowest BCUT2D eigenvalue weighted by atomic mass is 10.1. The fraction of sp³-hybridized carbons (Fsp3) is 0.462. The number of carbonyl (C=O) groups is 1. The number of benzene rings is 1. The Morgan fingerprint density at radius 3 is 2.61 bits per heavy atom. The fourth-order valence-electron chi connectivity index (χ4n) is 1.55. The van der Waals surface area contributed by atoms with Crippen molar-refractivity contribution in [2.24, 2.45) is 0 Å². The zero-order valence-corrected chi connectivity index (χ0v) is 10.7. The van der Waals surface area contributed by atoms with E-state index in [0.717, 1.165) is 5.56 Å². The van der Waals surface area contributed by atoms with Crippen molar-refractivity contribution in [1.82, 2.24) is 10.6 Å². The summed E-state index contributed by atoms with van der Waals surface area (Å²) < 4.78 is 18.1. The van der Waals surface area contributed by atoms with Crippen LogP contribution in [0.5, 0.6) is 0 Å². The van der Waals surface area contributed by atoms with E-state index in [2.05, 4.69) is 10.6 Å². The van der Waals surface area contributed by atoms with Gasteiger partial charge in [0.2, 0.25) is 5.91 Å². The van der Waals surface area contributed by atoms with Gasteiger partial charge in [-0.15, -0.1) is 0 Å². The van der Waals surface area contributed by atoms with Crippen molar-refractivity contribution in [2.75, 3.05) is 27.2 Å². The molecule has 0 saturated heterocycles. The Hall–Kier alpha value is -1.46. The monoisotopic (exact) mass is 254 g/mol. The first-order chi connectivity index (χ1) is 8.67. The molecule has 0 spiro atoms. The molecule has 2 N–H and O–H groups in total. The summed E-state index contributed by atoms with van der Waals surface area (Å²) in [5, 5.41) is 5.69. The van der Waals surface area contributed by atoms with E-state index in [1.54, 1.807) is 26.3 Å². The summed E-state index contributed by atoms with van der Waals surface area (Å²) in [6.45, 7) is 1.02. The molecule has 18 heavy (non-hydrogen) atoms. The van der Waals surface area contributed by atoms with Gasteiger partial charge >= 0.3 is 0 Å². The summed E-state index contributed by atoms with van der Waals surface area (Å²) in [6, 6.07) is 6.07. The van der Waals surface area contributed by atoms with Crippen LogP contribution in [0.3, 0.4) is 0 Å². The van der Waals surface area contributed by atoms with E-state index in [9.17, 15) is 9.18 Å². The van der Waals surface area contributed by atoms with Crippen LogP contribution in [0.1, 0.15) is 18.1 Å². The van der Waals surface area contributed by atoms with Crippen molar-refractivity contribution in [3.05, 3.63) is 35.6 Å². The minimum atomic E-state index is -0.286. The highest BCUT2D eigenvalue weighted by Gasteiger charge is 2.11. The number of halogens is 1. The third-order valence-electron chi connectivity index (χ3n) is 2.61. The second-order valence-corrected chi connectivity index (χ2v) is 3.93. The summed E-state index contributed by atoms with van der Waals surface area (Å²) in [7, 11) is 3.36. The fourth-order valence-corrected chi connectivity index (χ4v) is 1.55. The van der Waals surface area contributed by atoms with Crippen LogP contribution < -0.4 is 10.6 Å². The first-order valence-electron chi connectivity index (χ1n) is 5.87. The molecular weight excluding hydrogens is 235 g/mol. The van der Waals surface area contributed by atoms with Gasteiger partial charge in [-0.2, -0.15) is 0 Å². The number of hydrogen-bond acceptors (Lipinski definition) is 3. The Labute approximate surface area is 107 Å². The van der Waals surface area contributed by atoms with Crippen molar-refractivity contribution in [2.45, 2.75) is 12.5 Å². The normalized spacial score (nSPS) is 12.2. The zero-order valence-electron chi connectivity index (χ0n) is 10.7. The first kappa shape index (κ1) is 14.6. The quantitative estimate of drug-likeness (QED) is 0.769. The minimum absolute atomic E-state index is 0.0338. The van der Waals surface area contributed by atoms with Crippen LogP contribution in [0.4, 0.5) is 4.39 Å². The molecule has 0 radical (unpaired) electrons. The predicted octanol–water partition coefficient (Wildman–Crippen LogP) is 1.24. The molecule has 0 saturated carbocycles. The maximum atomic E-state index is 12.8. The van der Waals surface area contributed by atoms with E-state index in [1.165, 1.54) is 12.1 Å². The third-order valence-corrected chi connectivity index (χ3v) is 2.61. The van der Waals surface area contributed by atoms with Crippen LogP contribution in [-0.4, -0.2) is 33.2 Å². The van der Waals surface area contributed by atoms with Gasteiger partial charge in [0, 0.05) is 26.6 Å². The van der Waals surface area contributed by atoms with Crippen LogP contribution in [0.2, 0.25) is 0 Å². The Morgan fingerprint density at radius 1 is 1.39 bits per heavy atom. The highest BCUT2D eigenvalue weighted by molar-refractivity contribution is 5.76. The number of methoxy groups -OCH3 is 1. The summed E-state index contributed by atoms with van der Waals surface area (Å²) in [6.07, 6.45) is 0.167. The lowest BCUT2D eigenvalue weighted by Crippen LogP contribution is -2.30. The minimum Gasteiger partial charge on any atom is -0.375 e. The highest BCUT2D eigenvalue weighted by atomic mass is 19.1. The molecule has 1 atom stereocenters. The molecule has 1 amide bonds. The molecule has 1 aromatic carbocycles. The Kier molecular flexibility index (Phi) is 6.32. The molecule has 1 unspecified atom stereocenters. The van der Waals surface area contributed by atoms with Gasteiger partial charge in [-0.25, -0.2) is 4.39 Å². The maximum absolute atomic E-state index is 12.8. The lowest BCUT2D eigenvalue weighted by molar-refractivity contribution is -0.121. The number of rotatable bonds is 7. The lowest BCUT2D eigenvalue weighted by Gasteiger charge is -2.16. The molecule has 1 aromatic rings. The van der Waals surface area contributed by atoms with E-state index in [4.69, 9.17) is 4.74 Å². The summed E-state index contributed by atoms with van der Waals surface area (Å²) in [5.41, 5.74) is 0.841. The molecule has 0 aliphatic rings. The second kappa shape index (κ2) is 7.79. The Morgan fingerprint density at radius 2 is 2.06 bits per heavy atom. The van der Waals surface area contributed by atoms with Gasteiger partial charge in [0.15, 0.2) is 0 Å². The van der Waals surface area contributed by atoms with Gasteiger partial charge in [-0.05, 0) is 24.7 Å². The molecule has 5 heteroatoms. The van der Waals surface area contributed by atoms with Gasteiger partial charge in [-0.1, -0.05) is 12.1 Å². The zero-order chi connectivity index (χ0) is 13.4. The number of nitrogens with one attached hydrogen (secondary N) is 2. The summed E-state index contributed by atoms with van der Waals surface area (Å²) >= 11 is 0. The highest BCUT2D eigenvalue weighted by Crippen LogP contribution is 2.16. The van der Waals surface area contributed by atoms with E-state index < -0.39 is 0 Å². The maximum Gasteiger partial charge on any atom is 0.221 e. The van der Waals surface area contributed by atoms with Crippen molar-refractivity contribution in [1.29, 1.82) is 0 Å². The van der Waals surface area contributed by atoms with Crippen molar-refractivity contribution in [3.8, 4) is 0 Å². The average Bonchev–Trinajstić information content (AvgIpc) is 2.39. The van der Waals surface area contributed by atoms with Crippen LogP contribution in [0, 0.1) is 5.82 Å². The van der Waals surface area contributed by atoms with Crippen LogP contribution in [0.25, 0.3) is 0 Å². The molecule has 0 fully saturated rings.